The van der Waals surface area contributed by atoms with Crippen LogP contribution in [0.3, 0.4) is 0 Å². The molecule has 8 nitrogen and oxygen atoms in total. The Labute approximate surface area is 187 Å². The van der Waals surface area contributed by atoms with Gasteiger partial charge in [0.1, 0.15) is 5.82 Å². The van der Waals surface area contributed by atoms with Crippen molar-refractivity contribution in [1.82, 2.24) is 29.9 Å². The molecule has 0 spiro atoms. The van der Waals surface area contributed by atoms with E-state index >= 15 is 0 Å². The smallest absolute Gasteiger partial charge is 0.365 e. The first-order chi connectivity index (χ1) is 15.8. The highest BCUT2D eigenvalue weighted by atomic mass is 19.4. The number of anilines is 1. The van der Waals surface area contributed by atoms with E-state index in [2.05, 4.69) is 25.5 Å². The maximum Gasteiger partial charge on any atom is 0.417 e. The molecule has 11 heteroatoms. The lowest BCUT2D eigenvalue weighted by atomic mass is 9.76. The monoisotopic (exact) mass is 457 g/mol. The molecule has 3 aromatic heterocycles. The molecule has 2 aliphatic heterocycles. The lowest BCUT2D eigenvalue weighted by Crippen LogP contribution is -2.60. The molecular formula is C22H22F3N7O. The van der Waals surface area contributed by atoms with Gasteiger partial charge in [-0.05, 0) is 55.9 Å². The van der Waals surface area contributed by atoms with Crippen molar-refractivity contribution in [2.45, 2.75) is 44.4 Å². The second-order valence-corrected chi connectivity index (χ2v) is 8.59. The zero-order chi connectivity index (χ0) is 23.2. The van der Waals surface area contributed by atoms with E-state index in [9.17, 15) is 18.0 Å². The lowest BCUT2D eigenvalue weighted by molar-refractivity contribution is -0.137. The van der Waals surface area contributed by atoms with Gasteiger partial charge in [0.2, 0.25) is 0 Å². The largest absolute Gasteiger partial charge is 0.417 e. The maximum atomic E-state index is 13.7. The third-order valence-electron chi connectivity index (χ3n) is 6.30. The molecule has 1 amide bonds. The number of amides is 1. The Morgan fingerprint density at radius 3 is 2.58 bits per heavy atom. The molecule has 1 N–H and O–H groups in total. The number of aryl methyl sites for hydroxylation is 1. The van der Waals surface area contributed by atoms with E-state index in [0.29, 0.717) is 29.7 Å². The van der Waals surface area contributed by atoms with Gasteiger partial charge >= 0.3 is 6.18 Å². The van der Waals surface area contributed by atoms with Crippen molar-refractivity contribution in [3.8, 4) is 5.82 Å². The summed E-state index contributed by atoms with van der Waals surface area (Å²) in [6.45, 7) is 2.50. The van der Waals surface area contributed by atoms with Crippen molar-refractivity contribution in [3.63, 3.8) is 0 Å². The van der Waals surface area contributed by atoms with E-state index in [1.165, 1.54) is 23.3 Å². The highest BCUT2D eigenvalue weighted by Gasteiger charge is 2.44. The molecule has 2 saturated heterocycles. The molecule has 33 heavy (non-hydrogen) atoms. The van der Waals surface area contributed by atoms with Crippen LogP contribution in [0.4, 0.5) is 19.0 Å². The van der Waals surface area contributed by atoms with Crippen molar-refractivity contribution in [1.29, 1.82) is 0 Å². The average molecular weight is 457 g/mol. The number of carbonyl (C=O) groups excluding carboxylic acids is 1. The SMILES string of the molecule is Cc1cnc(-n2nccn2)c(C(=O)N2C[C@H]3CC[C@H]2[C@H](Nc2ccc(C(F)(F)F)cn2)C3)c1. The van der Waals surface area contributed by atoms with Gasteiger partial charge in [-0.15, -0.1) is 4.80 Å². The first-order valence-electron chi connectivity index (χ1n) is 10.7. The number of fused-ring (bicyclic) bond motifs is 3. The first kappa shape index (κ1) is 21.4. The van der Waals surface area contributed by atoms with E-state index in [1.807, 2.05) is 11.8 Å². The second-order valence-electron chi connectivity index (χ2n) is 8.59. The lowest BCUT2D eigenvalue weighted by Gasteiger charge is -2.50. The number of carbonyl (C=O) groups is 1. The third-order valence-corrected chi connectivity index (χ3v) is 6.30. The van der Waals surface area contributed by atoms with E-state index in [-0.39, 0.29) is 18.0 Å². The van der Waals surface area contributed by atoms with Crippen LogP contribution in [0.5, 0.6) is 0 Å². The standard InChI is InChI=1S/C22H22F3N7O/c1-13-8-16(20(27-10-13)32-28-6-7-29-32)21(33)31-12-14-2-4-18(31)17(9-14)30-19-5-3-15(11-26-19)22(23,24)25/h3,5-8,10-11,14,17-18H,2,4,9,12H2,1H3,(H,26,30)/t14-,17+,18-/m0/s1. The summed E-state index contributed by atoms with van der Waals surface area (Å²) in [5, 5.41) is 11.5. The summed E-state index contributed by atoms with van der Waals surface area (Å²) in [5.74, 6) is 0.882. The molecule has 1 aliphatic carbocycles. The topological polar surface area (TPSA) is 88.8 Å². The molecule has 3 atom stereocenters. The number of halogens is 3. The van der Waals surface area contributed by atoms with Crippen LogP contribution in [0.1, 0.15) is 40.7 Å². The van der Waals surface area contributed by atoms with Crippen LogP contribution in [0.15, 0.2) is 43.0 Å². The quantitative estimate of drug-likeness (QED) is 0.645. The Balaban J connectivity index is 1.39. The van der Waals surface area contributed by atoms with Crippen LogP contribution >= 0.6 is 0 Å². The minimum Gasteiger partial charge on any atom is -0.365 e. The van der Waals surface area contributed by atoms with Crippen LogP contribution in [0.25, 0.3) is 5.82 Å². The Morgan fingerprint density at radius 1 is 1.12 bits per heavy atom. The normalized spacial score (nSPS) is 22.4. The van der Waals surface area contributed by atoms with Crippen molar-refractivity contribution in [2.75, 3.05) is 11.9 Å². The number of hydrogen-bond donors (Lipinski definition) is 1. The third kappa shape index (κ3) is 4.14. The molecule has 3 aliphatic rings. The van der Waals surface area contributed by atoms with Gasteiger partial charge in [0.25, 0.3) is 5.91 Å². The Morgan fingerprint density at radius 2 is 1.91 bits per heavy atom. The van der Waals surface area contributed by atoms with Gasteiger partial charge in [0.05, 0.1) is 29.6 Å². The number of piperidine rings is 2. The number of alkyl halides is 3. The molecule has 172 valence electrons. The second kappa shape index (κ2) is 8.13. The molecule has 0 unspecified atom stereocenters. The fourth-order valence-electron chi connectivity index (χ4n) is 4.78. The highest BCUT2D eigenvalue weighted by Crippen LogP contribution is 2.38. The Hall–Kier alpha value is -3.50. The zero-order valence-electron chi connectivity index (χ0n) is 17.8. The van der Waals surface area contributed by atoms with Gasteiger partial charge in [-0.25, -0.2) is 9.97 Å². The van der Waals surface area contributed by atoms with E-state index in [4.69, 9.17) is 0 Å². The number of aromatic nitrogens is 5. The summed E-state index contributed by atoms with van der Waals surface area (Å²) in [6.07, 6.45) is 3.76. The van der Waals surface area contributed by atoms with E-state index in [0.717, 1.165) is 37.1 Å². The van der Waals surface area contributed by atoms with Gasteiger partial charge in [0, 0.05) is 25.0 Å². The van der Waals surface area contributed by atoms with Gasteiger partial charge in [-0.1, -0.05) is 0 Å². The van der Waals surface area contributed by atoms with Crippen LogP contribution in [-0.2, 0) is 6.18 Å². The predicted octanol–water partition coefficient (Wildman–Crippen LogP) is 3.49. The molecule has 0 radical (unpaired) electrons. The molecule has 2 bridgehead atoms. The van der Waals surface area contributed by atoms with Gasteiger partial charge in [0.15, 0.2) is 5.82 Å². The summed E-state index contributed by atoms with van der Waals surface area (Å²) in [6, 6.07) is 3.93. The summed E-state index contributed by atoms with van der Waals surface area (Å²) >= 11 is 0. The van der Waals surface area contributed by atoms with Crippen LogP contribution in [0, 0.1) is 12.8 Å². The van der Waals surface area contributed by atoms with Crippen LogP contribution in [-0.4, -0.2) is 54.4 Å². The molecule has 3 aromatic rings. The maximum absolute atomic E-state index is 13.7. The Kier molecular flexibility index (Phi) is 5.26. The molecule has 1 saturated carbocycles. The van der Waals surface area contributed by atoms with Crippen LogP contribution < -0.4 is 5.32 Å². The fraction of sp³-hybridized carbons (Fsp3) is 0.409. The molecule has 0 aromatic carbocycles. The van der Waals surface area contributed by atoms with E-state index in [1.54, 1.807) is 12.3 Å². The summed E-state index contributed by atoms with van der Waals surface area (Å²) in [5.41, 5.74) is 0.479. The Bertz CT molecular complexity index is 1150. The van der Waals surface area contributed by atoms with Gasteiger partial charge in [-0.2, -0.15) is 23.4 Å². The molecule has 3 fully saturated rings. The minimum atomic E-state index is -4.43. The van der Waals surface area contributed by atoms with Crippen molar-refractivity contribution >= 4 is 11.7 Å². The summed E-state index contributed by atoms with van der Waals surface area (Å²) < 4.78 is 38.5. The molecular weight excluding hydrogens is 435 g/mol. The highest BCUT2D eigenvalue weighted by molar-refractivity contribution is 5.97. The number of hydrogen-bond acceptors (Lipinski definition) is 6. The molecule has 5 heterocycles. The molecule has 6 rings (SSSR count). The van der Waals surface area contributed by atoms with Gasteiger partial charge in [-0.3, -0.25) is 4.79 Å². The van der Waals surface area contributed by atoms with Crippen molar-refractivity contribution in [2.24, 2.45) is 5.92 Å². The van der Waals surface area contributed by atoms with Crippen molar-refractivity contribution < 1.29 is 18.0 Å². The number of nitrogens with one attached hydrogen (secondary N) is 1. The number of pyridine rings is 2. The predicted molar refractivity (Wildman–Crippen MR) is 113 cm³/mol. The van der Waals surface area contributed by atoms with Crippen LogP contribution in [0.2, 0.25) is 0 Å². The number of rotatable bonds is 4. The van der Waals surface area contributed by atoms with Crippen molar-refractivity contribution in [3.05, 3.63) is 59.7 Å². The van der Waals surface area contributed by atoms with E-state index < -0.39 is 11.7 Å². The van der Waals surface area contributed by atoms with Gasteiger partial charge < -0.3 is 10.2 Å². The average Bonchev–Trinajstić information content (AvgIpc) is 3.33. The summed E-state index contributed by atoms with van der Waals surface area (Å²) in [7, 11) is 0. The first-order valence-corrected chi connectivity index (χ1v) is 10.7. The zero-order valence-corrected chi connectivity index (χ0v) is 17.8. The fourth-order valence-corrected chi connectivity index (χ4v) is 4.78. The summed E-state index contributed by atoms with van der Waals surface area (Å²) in [4.78, 5) is 25.2. The minimum absolute atomic E-state index is 0.102. The number of nitrogens with zero attached hydrogens (tertiary/aromatic N) is 6.